The highest BCUT2D eigenvalue weighted by molar-refractivity contribution is 5.35. The number of H-pyrrole nitrogens is 1. The molecule has 70 valence electrons. The average Bonchev–Trinajstić information content (AvgIpc) is 2.33. The molecule has 1 heterocycles. The molecular weight excluding hydrogens is 186 g/mol. The van der Waals surface area contributed by atoms with E-state index < -0.39 is 22.0 Å². The van der Waals surface area contributed by atoms with Crippen molar-refractivity contribution in [1.82, 2.24) is 15.2 Å². The fraction of sp³-hybridized carbons (Fsp3) is 0. The Morgan fingerprint density at radius 3 is 2.38 bits per heavy atom. The summed E-state index contributed by atoms with van der Waals surface area (Å²) in [5, 5.41) is 22.7. The lowest BCUT2D eigenvalue weighted by molar-refractivity contribution is -0.420. The highest BCUT2D eigenvalue weighted by Crippen LogP contribution is 2.17. The molecule has 0 aliphatic rings. The molecule has 0 saturated carbocycles. The quantitative estimate of drug-likeness (QED) is 0.523. The Morgan fingerprint density at radius 2 is 1.85 bits per heavy atom. The third-order valence-electron chi connectivity index (χ3n) is 0.809. The number of aromatic amines is 1. The molecule has 0 fully saturated rings. The fourth-order valence-corrected chi connectivity index (χ4v) is 0.485. The molecule has 0 radical (unpaired) electrons. The van der Waals surface area contributed by atoms with Gasteiger partial charge in [-0.2, -0.15) is 0 Å². The van der Waals surface area contributed by atoms with E-state index in [1.54, 1.807) is 0 Å². The third kappa shape index (κ3) is 2.57. The Balaban J connectivity index is 2.63. The Bertz CT molecular complexity index is 300. The number of hydrogen-bond acceptors (Lipinski definition) is 6. The van der Waals surface area contributed by atoms with Gasteiger partial charge in [0.1, 0.15) is 16.0 Å². The Kier molecular flexibility index (Phi) is 2.19. The first-order chi connectivity index (χ1) is 6.08. The van der Waals surface area contributed by atoms with Gasteiger partial charge in [-0.25, -0.2) is 20.2 Å². The molecule has 0 spiro atoms. The summed E-state index contributed by atoms with van der Waals surface area (Å²) in [5.74, 6) is -0.976. The van der Waals surface area contributed by atoms with Crippen LogP contribution in [0.2, 0.25) is 0 Å². The van der Waals surface area contributed by atoms with Crippen LogP contribution in [-0.2, 0) is 0 Å². The summed E-state index contributed by atoms with van der Waals surface area (Å²) < 4.78 is 0. The predicted molar refractivity (Wildman–Crippen MR) is 36.4 cm³/mol. The van der Waals surface area contributed by atoms with E-state index in [0.717, 1.165) is 0 Å². The maximum absolute atomic E-state index is 9.79. The monoisotopic (exact) mass is 187 g/mol. The van der Waals surface area contributed by atoms with Crippen LogP contribution >= 0.6 is 0 Å². The van der Waals surface area contributed by atoms with E-state index in [2.05, 4.69) is 20.9 Å². The molecule has 0 atom stereocenters. The second-order valence-corrected chi connectivity index (χ2v) is 1.63. The standard InChI is InChI=1S/C2HN7O4/c10-8(11)6-1-3-2(5-4-1)7-9(12)13/h(H-2,3,4,5,6,7)/q-2. The molecule has 1 N–H and O–H groups in total. The van der Waals surface area contributed by atoms with Crippen molar-refractivity contribution in [2.24, 2.45) is 0 Å². The third-order valence-corrected chi connectivity index (χ3v) is 0.809. The molecule has 0 saturated heterocycles. The topological polar surface area (TPSA) is 156 Å². The van der Waals surface area contributed by atoms with E-state index in [0.29, 0.717) is 0 Å². The van der Waals surface area contributed by atoms with Crippen LogP contribution in [0.15, 0.2) is 0 Å². The summed E-state index contributed by atoms with van der Waals surface area (Å²) >= 11 is 0. The van der Waals surface area contributed by atoms with Gasteiger partial charge in [0.25, 0.3) is 0 Å². The average molecular weight is 187 g/mol. The van der Waals surface area contributed by atoms with E-state index >= 15 is 0 Å². The van der Waals surface area contributed by atoms with Crippen molar-refractivity contribution in [2.75, 3.05) is 0 Å². The summed E-state index contributed by atoms with van der Waals surface area (Å²) in [5.41, 5.74) is 5.37. The lowest BCUT2D eigenvalue weighted by atomic mass is 11.0. The molecule has 0 aliphatic heterocycles. The van der Waals surface area contributed by atoms with Crippen molar-refractivity contribution in [3.05, 3.63) is 31.1 Å². The summed E-state index contributed by atoms with van der Waals surface area (Å²) in [6.45, 7) is 0. The smallest absolute Gasteiger partial charge is 0.125 e. The maximum Gasteiger partial charge on any atom is 0.125 e. The van der Waals surface area contributed by atoms with E-state index in [4.69, 9.17) is 0 Å². The van der Waals surface area contributed by atoms with Gasteiger partial charge in [-0.15, -0.1) is 0 Å². The lowest BCUT2D eigenvalue weighted by Gasteiger charge is -1.95. The van der Waals surface area contributed by atoms with Crippen LogP contribution in [0.5, 0.6) is 0 Å². The van der Waals surface area contributed by atoms with Crippen LogP contribution < -0.4 is 0 Å². The zero-order valence-corrected chi connectivity index (χ0v) is 5.82. The zero-order valence-electron chi connectivity index (χ0n) is 5.82. The van der Waals surface area contributed by atoms with Crippen molar-refractivity contribution in [3.63, 3.8) is 0 Å². The first-order valence-electron chi connectivity index (χ1n) is 2.72. The highest BCUT2D eigenvalue weighted by atomic mass is 16.7. The fourth-order valence-electron chi connectivity index (χ4n) is 0.485. The second-order valence-electron chi connectivity index (χ2n) is 1.63. The summed E-state index contributed by atoms with van der Waals surface area (Å²) in [4.78, 5) is 22.8. The molecule has 11 nitrogen and oxygen atoms in total. The van der Waals surface area contributed by atoms with E-state index in [1.807, 2.05) is 5.10 Å². The van der Waals surface area contributed by atoms with Gasteiger partial charge in [-0.1, -0.05) is 10.9 Å². The van der Waals surface area contributed by atoms with Crippen molar-refractivity contribution in [2.45, 2.75) is 0 Å². The highest BCUT2D eigenvalue weighted by Gasteiger charge is 1.98. The molecule has 13 heavy (non-hydrogen) atoms. The van der Waals surface area contributed by atoms with Crippen LogP contribution in [0.25, 0.3) is 10.9 Å². The molecule has 1 rings (SSSR count). The number of aromatic nitrogens is 3. The zero-order chi connectivity index (χ0) is 9.84. The van der Waals surface area contributed by atoms with Crippen LogP contribution in [0.1, 0.15) is 0 Å². The Labute approximate surface area is 69.4 Å². The van der Waals surface area contributed by atoms with Gasteiger partial charge >= 0.3 is 0 Å². The van der Waals surface area contributed by atoms with Crippen LogP contribution in [0, 0.1) is 20.2 Å². The van der Waals surface area contributed by atoms with Gasteiger partial charge in [0.15, 0.2) is 0 Å². The lowest BCUT2D eigenvalue weighted by Crippen LogP contribution is -1.88. The molecule has 0 aromatic carbocycles. The van der Waals surface area contributed by atoms with Crippen molar-refractivity contribution < 1.29 is 10.1 Å². The Hall–Kier alpha value is -2.46. The molecule has 11 heteroatoms. The SMILES string of the molecule is O=[N+]([O-])[N-]c1n[nH]c([N-][N+](=O)[O-])n1. The first kappa shape index (κ1) is 8.63. The van der Waals surface area contributed by atoms with Crippen molar-refractivity contribution in [3.8, 4) is 0 Å². The van der Waals surface area contributed by atoms with Crippen LogP contribution in [0.3, 0.4) is 0 Å². The van der Waals surface area contributed by atoms with E-state index in [1.165, 1.54) is 0 Å². The summed E-state index contributed by atoms with van der Waals surface area (Å²) in [6.07, 6.45) is 0. The van der Waals surface area contributed by atoms with E-state index in [-0.39, 0.29) is 0 Å². The van der Waals surface area contributed by atoms with Crippen LogP contribution in [0.4, 0.5) is 11.9 Å². The minimum atomic E-state index is -1.03. The molecule has 1 aromatic rings. The minimum Gasteiger partial charge on any atom is -0.397 e. The van der Waals surface area contributed by atoms with Gasteiger partial charge in [0.2, 0.25) is 0 Å². The molecule has 0 aliphatic carbocycles. The van der Waals surface area contributed by atoms with Gasteiger partial charge in [0, 0.05) is 0 Å². The number of nitrogens with zero attached hydrogens (tertiary/aromatic N) is 6. The molecular formula is C2HN7O4-2. The first-order valence-corrected chi connectivity index (χ1v) is 2.72. The molecule has 1 aromatic heterocycles. The van der Waals surface area contributed by atoms with Gasteiger partial charge < -0.3 is 15.2 Å². The van der Waals surface area contributed by atoms with Gasteiger partial charge in [-0.3, -0.25) is 0 Å². The largest absolute Gasteiger partial charge is 0.397 e. The van der Waals surface area contributed by atoms with Crippen molar-refractivity contribution >= 4 is 11.9 Å². The minimum absolute atomic E-state index is 0.453. The predicted octanol–water partition coefficient (Wildman–Crippen LogP) is 0.198. The summed E-state index contributed by atoms with van der Waals surface area (Å²) in [7, 11) is 0. The number of nitrogens with one attached hydrogen (secondary N) is 1. The molecule has 0 amide bonds. The molecule has 0 unspecified atom stereocenters. The number of rotatable bonds is 4. The van der Waals surface area contributed by atoms with E-state index in [9.17, 15) is 20.2 Å². The van der Waals surface area contributed by atoms with Gasteiger partial charge in [-0.05, 0) is 0 Å². The number of hydrogen-bond donors (Lipinski definition) is 1. The maximum atomic E-state index is 9.79. The summed E-state index contributed by atoms with van der Waals surface area (Å²) in [6, 6.07) is 0. The molecule has 0 bridgehead atoms. The van der Waals surface area contributed by atoms with Crippen molar-refractivity contribution in [1.29, 1.82) is 0 Å². The van der Waals surface area contributed by atoms with Gasteiger partial charge in [0.05, 0.1) is 5.95 Å². The van der Waals surface area contributed by atoms with Crippen LogP contribution in [-0.4, -0.2) is 25.2 Å². The second kappa shape index (κ2) is 3.29. The Morgan fingerprint density at radius 1 is 1.23 bits per heavy atom. The number of nitro groups is 2. The normalized spacial score (nSPS) is 9.23.